The summed E-state index contributed by atoms with van der Waals surface area (Å²) < 4.78 is 67.1. The molecule has 1 aromatic carbocycles. The van der Waals surface area contributed by atoms with Crippen molar-refractivity contribution in [2.75, 3.05) is 19.6 Å². The smallest absolute Gasteiger partial charge is 0.406 e. The lowest BCUT2D eigenvalue weighted by atomic mass is 9.79. The van der Waals surface area contributed by atoms with Gasteiger partial charge < -0.3 is 10.1 Å². The number of amides is 1. The number of nitrogens with one attached hydrogen (secondary N) is 1. The number of alkyl halides is 3. The second kappa shape index (κ2) is 6.17. The Bertz CT molecular complexity index is 764. The normalized spacial score (nSPS) is 25.2. The minimum atomic E-state index is -4.84. The molecule has 1 aromatic rings. The van der Waals surface area contributed by atoms with Gasteiger partial charge in [0.1, 0.15) is 5.75 Å². The molecule has 2 fully saturated rings. The standard InChI is InChI=1S/C15H17F3N2O4S/c16-15(17,18)24-11-2-4-12(5-3-11)25(22,23)20-9-1-6-14(10-20)7-8-19-13(14)21/h2-5H,1,6-10H2,(H,19,21). The Morgan fingerprint density at radius 2 is 1.84 bits per heavy atom. The summed E-state index contributed by atoms with van der Waals surface area (Å²) in [6.45, 7) is 0.885. The van der Waals surface area contributed by atoms with Gasteiger partial charge in [0.2, 0.25) is 15.9 Å². The third kappa shape index (κ3) is 3.59. The Hall–Kier alpha value is -1.81. The highest BCUT2D eigenvalue weighted by Gasteiger charge is 2.47. The van der Waals surface area contributed by atoms with Crippen LogP contribution < -0.4 is 10.1 Å². The first kappa shape index (κ1) is 18.0. The molecule has 1 unspecified atom stereocenters. The number of carbonyl (C=O) groups excluding carboxylic acids is 1. The summed E-state index contributed by atoms with van der Waals surface area (Å²) in [5.41, 5.74) is -0.704. The summed E-state index contributed by atoms with van der Waals surface area (Å²) in [6.07, 6.45) is -3.07. The number of rotatable bonds is 3. The number of carbonyl (C=O) groups is 1. The Kier molecular flexibility index (Phi) is 4.44. The van der Waals surface area contributed by atoms with Gasteiger partial charge in [-0.3, -0.25) is 4.79 Å². The fourth-order valence-corrected chi connectivity index (χ4v) is 4.93. The van der Waals surface area contributed by atoms with Gasteiger partial charge in [0.15, 0.2) is 0 Å². The summed E-state index contributed by atoms with van der Waals surface area (Å²) in [7, 11) is -3.89. The Labute approximate surface area is 143 Å². The van der Waals surface area contributed by atoms with Gasteiger partial charge in [0, 0.05) is 19.6 Å². The number of halogens is 3. The fraction of sp³-hybridized carbons (Fsp3) is 0.533. The number of hydrogen-bond acceptors (Lipinski definition) is 4. The molecule has 0 aromatic heterocycles. The van der Waals surface area contributed by atoms with E-state index in [0.29, 0.717) is 25.8 Å². The maximum atomic E-state index is 12.8. The zero-order valence-electron chi connectivity index (χ0n) is 13.2. The molecule has 1 amide bonds. The quantitative estimate of drug-likeness (QED) is 0.871. The Morgan fingerprint density at radius 1 is 1.16 bits per heavy atom. The van der Waals surface area contributed by atoms with Gasteiger partial charge in [-0.05, 0) is 43.5 Å². The monoisotopic (exact) mass is 378 g/mol. The summed E-state index contributed by atoms with van der Waals surface area (Å²) in [5, 5.41) is 2.74. The molecular weight excluding hydrogens is 361 g/mol. The van der Waals surface area contributed by atoms with Crippen LogP contribution in [0.3, 0.4) is 0 Å². The molecule has 2 aliphatic rings. The van der Waals surface area contributed by atoms with E-state index in [4.69, 9.17) is 0 Å². The summed E-state index contributed by atoms with van der Waals surface area (Å²) in [4.78, 5) is 12.0. The van der Waals surface area contributed by atoms with Crippen molar-refractivity contribution >= 4 is 15.9 Å². The van der Waals surface area contributed by atoms with Gasteiger partial charge in [-0.1, -0.05) is 0 Å². The first-order valence-electron chi connectivity index (χ1n) is 7.77. The van der Waals surface area contributed by atoms with Crippen molar-refractivity contribution < 1.29 is 31.1 Å². The number of benzene rings is 1. The van der Waals surface area contributed by atoms with Crippen LogP contribution in [0.25, 0.3) is 0 Å². The van der Waals surface area contributed by atoms with Crippen LogP contribution in [0.15, 0.2) is 29.2 Å². The van der Waals surface area contributed by atoms with E-state index in [9.17, 15) is 26.4 Å². The van der Waals surface area contributed by atoms with Gasteiger partial charge in [0.05, 0.1) is 10.3 Å². The lowest BCUT2D eigenvalue weighted by Crippen LogP contribution is -2.49. The minimum absolute atomic E-state index is 0.0853. The van der Waals surface area contributed by atoms with Crippen LogP contribution in [0.4, 0.5) is 13.2 Å². The summed E-state index contributed by atoms with van der Waals surface area (Å²) in [5.74, 6) is -0.627. The van der Waals surface area contributed by atoms with Crippen molar-refractivity contribution in [1.29, 1.82) is 0 Å². The summed E-state index contributed by atoms with van der Waals surface area (Å²) in [6, 6.07) is 4.07. The van der Waals surface area contributed by atoms with E-state index < -0.39 is 27.6 Å². The highest BCUT2D eigenvalue weighted by molar-refractivity contribution is 7.89. The Morgan fingerprint density at radius 3 is 2.40 bits per heavy atom. The SMILES string of the molecule is O=C1NCCC12CCCN(S(=O)(=O)c1ccc(OC(F)(F)F)cc1)C2. The van der Waals surface area contributed by atoms with Crippen LogP contribution in [0.1, 0.15) is 19.3 Å². The van der Waals surface area contributed by atoms with Crippen molar-refractivity contribution in [1.82, 2.24) is 9.62 Å². The molecule has 0 bridgehead atoms. The molecule has 2 saturated heterocycles. The zero-order chi connectivity index (χ0) is 18.3. The second-order valence-electron chi connectivity index (χ2n) is 6.25. The van der Waals surface area contributed by atoms with Crippen LogP contribution in [-0.4, -0.2) is 44.6 Å². The van der Waals surface area contributed by atoms with Crippen LogP contribution in [-0.2, 0) is 14.8 Å². The van der Waals surface area contributed by atoms with Crippen LogP contribution in [0, 0.1) is 5.41 Å². The van der Waals surface area contributed by atoms with E-state index in [1.165, 1.54) is 4.31 Å². The molecule has 3 rings (SSSR count). The maximum absolute atomic E-state index is 12.8. The number of hydrogen-bond donors (Lipinski definition) is 1. The predicted octanol–water partition coefficient (Wildman–Crippen LogP) is 1.88. The van der Waals surface area contributed by atoms with Gasteiger partial charge >= 0.3 is 6.36 Å². The largest absolute Gasteiger partial charge is 0.573 e. The molecule has 1 spiro atoms. The molecule has 10 heteroatoms. The number of sulfonamides is 1. The molecule has 2 aliphatic heterocycles. The highest BCUT2D eigenvalue weighted by atomic mass is 32.2. The Balaban J connectivity index is 1.80. The van der Waals surface area contributed by atoms with E-state index in [1.54, 1.807) is 0 Å². The van der Waals surface area contributed by atoms with E-state index in [0.717, 1.165) is 24.3 Å². The predicted molar refractivity (Wildman–Crippen MR) is 81.2 cm³/mol. The second-order valence-corrected chi connectivity index (χ2v) is 8.19. The van der Waals surface area contributed by atoms with E-state index in [1.807, 2.05) is 0 Å². The minimum Gasteiger partial charge on any atom is -0.406 e. The average Bonchev–Trinajstić information content (AvgIpc) is 2.86. The molecule has 0 aliphatic carbocycles. The molecule has 0 saturated carbocycles. The number of piperidine rings is 1. The number of ether oxygens (including phenoxy) is 1. The third-order valence-corrected chi connectivity index (χ3v) is 6.47. The van der Waals surface area contributed by atoms with Gasteiger partial charge in [-0.15, -0.1) is 13.2 Å². The summed E-state index contributed by atoms with van der Waals surface area (Å²) >= 11 is 0. The van der Waals surface area contributed by atoms with Crippen molar-refractivity contribution in [3.05, 3.63) is 24.3 Å². The van der Waals surface area contributed by atoms with Gasteiger partial charge in [0.25, 0.3) is 0 Å². The van der Waals surface area contributed by atoms with E-state index in [2.05, 4.69) is 10.1 Å². The molecule has 0 radical (unpaired) electrons. The number of nitrogens with zero attached hydrogens (tertiary/aromatic N) is 1. The molecular formula is C15H17F3N2O4S. The van der Waals surface area contributed by atoms with Crippen molar-refractivity contribution in [2.24, 2.45) is 5.41 Å². The molecule has 6 nitrogen and oxygen atoms in total. The van der Waals surface area contributed by atoms with Crippen LogP contribution in [0.5, 0.6) is 5.75 Å². The lowest BCUT2D eigenvalue weighted by molar-refractivity contribution is -0.274. The van der Waals surface area contributed by atoms with Crippen LogP contribution >= 0.6 is 0 Å². The van der Waals surface area contributed by atoms with E-state index in [-0.39, 0.29) is 23.9 Å². The first-order valence-corrected chi connectivity index (χ1v) is 9.21. The molecule has 138 valence electrons. The van der Waals surface area contributed by atoms with Crippen LogP contribution in [0.2, 0.25) is 0 Å². The molecule has 2 heterocycles. The maximum Gasteiger partial charge on any atom is 0.573 e. The lowest BCUT2D eigenvalue weighted by Gasteiger charge is -2.37. The fourth-order valence-electron chi connectivity index (χ4n) is 3.36. The topological polar surface area (TPSA) is 75.7 Å². The average molecular weight is 378 g/mol. The molecule has 25 heavy (non-hydrogen) atoms. The van der Waals surface area contributed by atoms with Gasteiger partial charge in [-0.2, -0.15) is 4.31 Å². The van der Waals surface area contributed by atoms with Crippen molar-refractivity contribution in [3.8, 4) is 5.75 Å². The first-order chi connectivity index (χ1) is 11.6. The molecule has 1 atom stereocenters. The zero-order valence-corrected chi connectivity index (χ0v) is 14.0. The molecule has 1 N–H and O–H groups in total. The third-order valence-electron chi connectivity index (χ3n) is 4.61. The van der Waals surface area contributed by atoms with Crippen molar-refractivity contribution in [2.45, 2.75) is 30.5 Å². The highest BCUT2D eigenvalue weighted by Crippen LogP contribution is 2.38. The van der Waals surface area contributed by atoms with E-state index >= 15 is 0 Å². The van der Waals surface area contributed by atoms with Gasteiger partial charge in [-0.25, -0.2) is 8.42 Å². The van der Waals surface area contributed by atoms with Crippen molar-refractivity contribution in [3.63, 3.8) is 0 Å².